The van der Waals surface area contributed by atoms with E-state index in [2.05, 4.69) is 19.9 Å². The molecule has 0 radical (unpaired) electrons. The van der Waals surface area contributed by atoms with E-state index >= 15 is 0 Å². The van der Waals surface area contributed by atoms with E-state index in [9.17, 15) is 13.2 Å². The molecule has 0 bridgehead atoms. The van der Waals surface area contributed by atoms with Gasteiger partial charge in [0.05, 0.1) is 11.9 Å². The van der Waals surface area contributed by atoms with Gasteiger partial charge in [-0.15, -0.1) is 0 Å². The van der Waals surface area contributed by atoms with Crippen molar-refractivity contribution in [2.24, 2.45) is 0 Å². The van der Waals surface area contributed by atoms with Gasteiger partial charge in [0.1, 0.15) is 11.6 Å². The van der Waals surface area contributed by atoms with Gasteiger partial charge >= 0.3 is 6.18 Å². The van der Waals surface area contributed by atoms with Crippen LogP contribution >= 0.6 is 0 Å². The van der Waals surface area contributed by atoms with Crippen LogP contribution in [0, 0.1) is 0 Å². The Balaban J connectivity index is 1.81. The number of nitrogens with zero attached hydrogens (tertiary/aromatic N) is 5. The zero-order valence-corrected chi connectivity index (χ0v) is 13.6. The second-order valence-corrected chi connectivity index (χ2v) is 5.66. The summed E-state index contributed by atoms with van der Waals surface area (Å²) in [7, 11) is 0. The molecule has 3 aromatic heterocycles. The van der Waals surface area contributed by atoms with Gasteiger partial charge in [-0.05, 0) is 18.9 Å². The number of halogens is 3. The maximum absolute atomic E-state index is 12.8. The van der Waals surface area contributed by atoms with Crippen LogP contribution in [0.4, 0.5) is 24.8 Å². The SMILES string of the molecule is Nc1nc(-c2cncc(C(F)(F)F)c2)nc(N)c1CCCn1ccnc1. The number of imidazole rings is 1. The highest BCUT2D eigenvalue weighted by molar-refractivity contribution is 5.63. The normalized spacial score (nSPS) is 11.7. The van der Waals surface area contributed by atoms with Crippen LogP contribution in [0.15, 0.2) is 37.2 Å². The van der Waals surface area contributed by atoms with Crippen LogP contribution in [-0.4, -0.2) is 24.5 Å². The largest absolute Gasteiger partial charge is 0.417 e. The standard InChI is InChI=1S/C16H16F3N7/c17-16(18,19)11-6-10(7-23-8-11)15-24-13(20)12(14(21)25-15)2-1-4-26-5-3-22-9-26/h3,5-9H,1-2,4H2,(H4,20,21,24,25). The number of alkyl halides is 3. The maximum Gasteiger partial charge on any atom is 0.417 e. The Morgan fingerprint density at radius 3 is 2.38 bits per heavy atom. The van der Waals surface area contributed by atoms with E-state index in [0.717, 1.165) is 25.2 Å². The lowest BCUT2D eigenvalue weighted by Gasteiger charge is -2.11. The summed E-state index contributed by atoms with van der Waals surface area (Å²) >= 11 is 0. The number of nitrogen functional groups attached to an aromatic ring is 2. The van der Waals surface area contributed by atoms with Gasteiger partial charge in [0.2, 0.25) is 0 Å². The van der Waals surface area contributed by atoms with E-state index in [1.165, 1.54) is 6.20 Å². The van der Waals surface area contributed by atoms with Crippen molar-refractivity contribution >= 4 is 11.6 Å². The third kappa shape index (κ3) is 3.90. The molecule has 136 valence electrons. The van der Waals surface area contributed by atoms with Crippen LogP contribution in [0.25, 0.3) is 11.4 Å². The molecule has 0 fully saturated rings. The quantitative estimate of drug-likeness (QED) is 0.721. The van der Waals surface area contributed by atoms with Crippen molar-refractivity contribution in [2.75, 3.05) is 11.5 Å². The Hall–Kier alpha value is -3.17. The van der Waals surface area contributed by atoms with E-state index in [1.807, 2.05) is 10.8 Å². The first-order valence-corrected chi connectivity index (χ1v) is 7.75. The highest BCUT2D eigenvalue weighted by atomic mass is 19.4. The first kappa shape index (κ1) is 17.6. The van der Waals surface area contributed by atoms with Crippen LogP contribution in [0.5, 0.6) is 0 Å². The van der Waals surface area contributed by atoms with Crippen LogP contribution < -0.4 is 11.5 Å². The molecule has 0 aliphatic heterocycles. The minimum Gasteiger partial charge on any atom is -0.383 e. The molecule has 0 atom stereocenters. The number of rotatable bonds is 5. The summed E-state index contributed by atoms with van der Waals surface area (Å²) in [6.45, 7) is 0.720. The fraction of sp³-hybridized carbons (Fsp3) is 0.250. The molecule has 0 aromatic carbocycles. The summed E-state index contributed by atoms with van der Waals surface area (Å²) in [5, 5.41) is 0. The van der Waals surface area contributed by atoms with E-state index in [-0.39, 0.29) is 23.0 Å². The Kier molecular flexibility index (Phi) is 4.74. The summed E-state index contributed by atoms with van der Waals surface area (Å²) in [4.78, 5) is 15.8. The Morgan fingerprint density at radius 1 is 1.04 bits per heavy atom. The summed E-state index contributed by atoms with van der Waals surface area (Å²) in [5.74, 6) is 0.308. The number of hydrogen-bond donors (Lipinski definition) is 2. The van der Waals surface area contributed by atoms with Gasteiger partial charge in [0, 0.05) is 42.5 Å². The topological polar surface area (TPSA) is 109 Å². The molecular formula is C16H16F3N7. The zero-order chi connectivity index (χ0) is 18.7. The third-order valence-electron chi connectivity index (χ3n) is 3.80. The van der Waals surface area contributed by atoms with Crippen LogP contribution in [0.2, 0.25) is 0 Å². The van der Waals surface area contributed by atoms with Gasteiger partial charge < -0.3 is 16.0 Å². The highest BCUT2D eigenvalue weighted by Crippen LogP contribution is 2.31. The molecule has 3 rings (SSSR count). The minimum atomic E-state index is -4.51. The molecule has 7 nitrogen and oxygen atoms in total. The van der Waals surface area contributed by atoms with E-state index in [1.54, 1.807) is 12.5 Å². The highest BCUT2D eigenvalue weighted by Gasteiger charge is 2.31. The van der Waals surface area contributed by atoms with Gasteiger partial charge in [-0.2, -0.15) is 13.2 Å². The van der Waals surface area contributed by atoms with Gasteiger partial charge in [-0.25, -0.2) is 15.0 Å². The smallest absolute Gasteiger partial charge is 0.383 e. The average molecular weight is 363 g/mol. The molecule has 26 heavy (non-hydrogen) atoms. The number of anilines is 2. The Bertz CT molecular complexity index is 868. The Morgan fingerprint density at radius 2 is 1.77 bits per heavy atom. The number of nitrogens with two attached hydrogens (primary N) is 2. The van der Waals surface area contributed by atoms with E-state index < -0.39 is 11.7 Å². The molecule has 0 aliphatic rings. The monoisotopic (exact) mass is 363 g/mol. The lowest BCUT2D eigenvalue weighted by atomic mass is 10.1. The summed E-state index contributed by atoms with van der Waals surface area (Å²) in [6, 6.07) is 0.917. The van der Waals surface area contributed by atoms with Gasteiger partial charge in [0.15, 0.2) is 5.82 Å². The lowest BCUT2D eigenvalue weighted by molar-refractivity contribution is -0.137. The molecule has 0 spiro atoms. The molecular weight excluding hydrogens is 347 g/mol. The second-order valence-electron chi connectivity index (χ2n) is 5.66. The predicted molar refractivity (Wildman–Crippen MR) is 89.6 cm³/mol. The van der Waals surface area contributed by atoms with Gasteiger partial charge in [0.25, 0.3) is 0 Å². The molecule has 0 unspecified atom stereocenters. The van der Waals surface area contributed by atoms with Crippen LogP contribution in [0.1, 0.15) is 17.5 Å². The number of pyridine rings is 1. The molecule has 3 heterocycles. The van der Waals surface area contributed by atoms with Crippen molar-refractivity contribution in [2.45, 2.75) is 25.6 Å². The third-order valence-corrected chi connectivity index (χ3v) is 3.80. The number of aromatic nitrogens is 5. The minimum absolute atomic E-state index is 0.0111. The molecule has 10 heteroatoms. The first-order valence-electron chi connectivity index (χ1n) is 7.75. The Labute approximate surface area is 146 Å². The predicted octanol–water partition coefficient (Wildman–Crippen LogP) is 2.55. The second kappa shape index (κ2) is 6.98. The molecule has 0 saturated heterocycles. The van der Waals surface area contributed by atoms with Gasteiger partial charge in [-0.3, -0.25) is 4.98 Å². The molecule has 0 amide bonds. The lowest BCUT2D eigenvalue weighted by Crippen LogP contribution is -2.09. The van der Waals surface area contributed by atoms with Crippen molar-refractivity contribution < 1.29 is 13.2 Å². The van der Waals surface area contributed by atoms with E-state index in [0.29, 0.717) is 12.0 Å². The molecule has 0 saturated carbocycles. The summed E-state index contributed by atoms with van der Waals surface area (Å²) < 4.78 is 40.4. The molecule has 3 aromatic rings. The van der Waals surface area contributed by atoms with Crippen LogP contribution in [0.3, 0.4) is 0 Å². The average Bonchev–Trinajstić information content (AvgIpc) is 3.10. The van der Waals surface area contributed by atoms with Crippen molar-refractivity contribution in [1.29, 1.82) is 0 Å². The fourth-order valence-corrected chi connectivity index (χ4v) is 2.48. The van der Waals surface area contributed by atoms with Crippen molar-refractivity contribution in [3.63, 3.8) is 0 Å². The summed E-state index contributed by atoms with van der Waals surface area (Å²) in [5.41, 5.74) is 11.7. The van der Waals surface area contributed by atoms with Crippen molar-refractivity contribution in [3.8, 4) is 11.4 Å². The van der Waals surface area contributed by atoms with Crippen molar-refractivity contribution in [3.05, 3.63) is 48.3 Å². The molecule has 4 N–H and O–H groups in total. The fourth-order valence-electron chi connectivity index (χ4n) is 2.48. The van der Waals surface area contributed by atoms with E-state index in [4.69, 9.17) is 11.5 Å². The zero-order valence-electron chi connectivity index (χ0n) is 13.6. The number of aryl methyl sites for hydroxylation is 1. The maximum atomic E-state index is 12.8. The van der Waals surface area contributed by atoms with Crippen LogP contribution in [-0.2, 0) is 19.1 Å². The van der Waals surface area contributed by atoms with Gasteiger partial charge in [-0.1, -0.05) is 0 Å². The summed E-state index contributed by atoms with van der Waals surface area (Å²) in [6.07, 6.45) is 3.97. The van der Waals surface area contributed by atoms with Crippen molar-refractivity contribution in [1.82, 2.24) is 24.5 Å². The number of hydrogen-bond acceptors (Lipinski definition) is 6. The molecule has 0 aliphatic carbocycles. The first-order chi connectivity index (χ1) is 12.3.